The van der Waals surface area contributed by atoms with Gasteiger partial charge >= 0.3 is 0 Å². The first-order chi connectivity index (χ1) is 15.2. The molecule has 2 aliphatic rings. The van der Waals surface area contributed by atoms with Gasteiger partial charge in [0.2, 0.25) is 0 Å². The van der Waals surface area contributed by atoms with Crippen LogP contribution in [0.3, 0.4) is 0 Å². The molecule has 0 unspecified atom stereocenters. The molecule has 0 bridgehead atoms. The van der Waals surface area contributed by atoms with Gasteiger partial charge in [0.15, 0.2) is 11.3 Å². The van der Waals surface area contributed by atoms with E-state index in [1.807, 2.05) is 48.7 Å². The highest BCUT2D eigenvalue weighted by atomic mass is 32.2. The zero-order chi connectivity index (χ0) is 21.4. The number of carbonyl (C=O) groups excluding carboxylic acids is 1. The van der Waals surface area contributed by atoms with Crippen LogP contribution in [0, 0.1) is 0 Å². The number of fused-ring (bicyclic) bond motifs is 3. The third kappa shape index (κ3) is 3.35. The van der Waals surface area contributed by atoms with Gasteiger partial charge in [0.25, 0.3) is 5.91 Å². The minimum absolute atomic E-state index is 0.178. The minimum atomic E-state index is -0.518. The Morgan fingerprint density at radius 2 is 1.90 bits per heavy atom. The van der Waals surface area contributed by atoms with Crippen molar-refractivity contribution < 1.29 is 9.53 Å². The summed E-state index contributed by atoms with van der Waals surface area (Å²) in [7, 11) is 0. The van der Waals surface area contributed by atoms with Gasteiger partial charge in [-0.1, -0.05) is 67.2 Å². The van der Waals surface area contributed by atoms with E-state index >= 15 is 0 Å². The van der Waals surface area contributed by atoms with Crippen LogP contribution in [-0.4, -0.2) is 28.9 Å². The number of para-hydroxylation sites is 1. The van der Waals surface area contributed by atoms with Crippen molar-refractivity contribution in [1.29, 1.82) is 0 Å². The van der Waals surface area contributed by atoms with Gasteiger partial charge in [0.1, 0.15) is 11.4 Å². The lowest BCUT2D eigenvalue weighted by molar-refractivity contribution is -0.116. The fourth-order valence-corrected chi connectivity index (χ4v) is 4.35. The third-order valence-corrected chi connectivity index (χ3v) is 5.93. The Hall–Kier alpha value is -3.32. The van der Waals surface area contributed by atoms with Crippen molar-refractivity contribution in [2.45, 2.75) is 19.5 Å². The normalized spacial score (nSPS) is 17.4. The maximum absolute atomic E-state index is 13.1. The van der Waals surface area contributed by atoms with Gasteiger partial charge < -0.3 is 4.74 Å². The summed E-state index contributed by atoms with van der Waals surface area (Å²) in [6, 6.07) is 19.9. The van der Waals surface area contributed by atoms with E-state index in [-0.39, 0.29) is 5.91 Å². The predicted molar refractivity (Wildman–Crippen MR) is 124 cm³/mol. The molecule has 0 radical (unpaired) electrons. The SMILES string of the molecule is CCCOc1ccc2ccccc2c1[C@@H]1N=c2ccccc2=C2C(=O)NC(SC)=NN21. The highest BCUT2D eigenvalue weighted by Crippen LogP contribution is 2.40. The Bertz CT molecular complexity index is 1330. The van der Waals surface area contributed by atoms with Crippen LogP contribution in [0.15, 0.2) is 70.8 Å². The van der Waals surface area contributed by atoms with Crippen molar-refractivity contribution in [3.63, 3.8) is 0 Å². The molecule has 0 aromatic heterocycles. The highest BCUT2D eigenvalue weighted by Gasteiger charge is 2.36. The number of hydrogen-bond donors (Lipinski definition) is 1. The summed E-state index contributed by atoms with van der Waals surface area (Å²) in [5.41, 5.74) is 1.42. The zero-order valence-electron chi connectivity index (χ0n) is 17.3. The van der Waals surface area contributed by atoms with Gasteiger partial charge in [-0.05, 0) is 35.6 Å². The fourth-order valence-electron chi connectivity index (χ4n) is 3.99. The highest BCUT2D eigenvalue weighted by molar-refractivity contribution is 8.13. The molecule has 0 fully saturated rings. The first-order valence-electron chi connectivity index (χ1n) is 10.3. The van der Waals surface area contributed by atoms with Crippen molar-refractivity contribution >= 4 is 39.3 Å². The van der Waals surface area contributed by atoms with Gasteiger partial charge in [-0.25, -0.2) is 5.01 Å². The van der Waals surface area contributed by atoms with Crippen molar-refractivity contribution in [2.24, 2.45) is 10.1 Å². The number of amidine groups is 1. The van der Waals surface area contributed by atoms with Crippen molar-refractivity contribution in [1.82, 2.24) is 10.3 Å². The monoisotopic (exact) mass is 430 g/mol. The summed E-state index contributed by atoms with van der Waals surface area (Å²) < 4.78 is 6.15. The molecule has 3 aromatic carbocycles. The van der Waals surface area contributed by atoms with Crippen LogP contribution in [0.1, 0.15) is 25.1 Å². The molecule has 0 saturated heterocycles. The van der Waals surface area contributed by atoms with Gasteiger partial charge in [-0.15, -0.1) is 5.10 Å². The quantitative estimate of drug-likeness (QED) is 0.691. The number of amides is 1. The number of nitrogens with one attached hydrogen (secondary N) is 1. The Morgan fingerprint density at radius 1 is 1.10 bits per heavy atom. The number of hydrogen-bond acceptors (Lipinski definition) is 6. The Balaban J connectivity index is 1.82. The first kappa shape index (κ1) is 19.6. The second-order valence-corrected chi connectivity index (χ2v) is 8.12. The topological polar surface area (TPSA) is 66.3 Å². The number of nitrogens with zero attached hydrogens (tertiary/aromatic N) is 3. The van der Waals surface area contributed by atoms with Crippen LogP contribution in [0.25, 0.3) is 16.5 Å². The second kappa shape index (κ2) is 8.07. The standard InChI is InChI=1S/C24H22N4O2S/c1-3-14-30-19-13-12-15-8-4-5-9-16(15)20(19)22-25-18-11-7-6-10-17(18)21-23(29)26-24(31-2)27-28(21)22/h4-13,22H,3,14H2,1-2H3,(H,26,27,29)/t22-/m1/s1. The molecule has 1 amide bonds. The molecule has 6 nitrogen and oxygen atoms in total. The summed E-state index contributed by atoms with van der Waals surface area (Å²) in [5, 5.41) is 13.6. The second-order valence-electron chi connectivity index (χ2n) is 7.32. The van der Waals surface area contributed by atoms with E-state index in [0.717, 1.165) is 39.1 Å². The van der Waals surface area contributed by atoms with Crippen molar-refractivity contribution in [2.75, 3.05) is 12.9 Å². The van der Waals surface area contributed by atoms with Crippen LogP contribution in [0.5, 0.6) is 5.75 Å². The lowest BCUT2D eigenvalue weighted by atomic mass is 9.99. The van der Waals surface area contributed by atoms with Gasteiger partial charge in [-0.3, -0.25) is 15.1 Å². The van der Waals surface area contributed by atoms with Crippen LogP contribution < -0.4 is 20.6 Å². The molecular formula is C24H22N4O2S. The summed E-state index contributed by atoms with van der Waals surface area (Å²) in [6.07, 6.45) is 2.27. The van der Waals surface area contributed by atoms with E-state index in [0.29, 0.717) is 17.5 Å². The Morgan fingerprint density at radius 3 is 2.74 bits per heavy atom. The summed E-state index contributed by atoms with van der Waals surface area (Å²) in [5.74, 6) is 0.586. The average Bonchev–Trinajstić information content (AvgIpc) is 2.81. The average molecular weight is 431 g/mol. The lowest BCUT2D eigenvalue weighted by Gasteiger charge is -2.35. The lowest BCUT2D eigenvalue weighted by Crippen LogP contribution is -2.50. The van der Waals surface area contributed by atoms with Crippen molar-refractivity contribution in [3.8, 4) is 5.75 Å². The molecule has 1 atom stereocenters. The molecular weight excluding hydrogens is 408 g/mol. The molecule has 7 heteroatoms. The molecule has 0 aliphatic carbocycles. The molecule has 156 valence electrons. The number of carbonyl (C=O) groups is 1. The zero-order valence-corrected chi connectivity index (χ0v) is 18.1. The van der Waals surface area contributed by atoms with Gasteiger partial charge in [0, 0.05) is 10.8 Å². The number of hydrazone groups is 1. The summed E-state index contributed by atoms with van der Waals surface area (Å²) >= 11 is 1.40. The third-order valence-electron chi connectivity index (χ3n) is 5.36. The maximum Gasteiger partial charge on any atom is 0.276 e. The molecule has 31 heavy (non-hydrogen) atoms. The molecule has 3 aromatic rings. The largest absolute Gasteiger partial charge is 0.493 e. The Labute approximate surface area is 184 Å². The number of rotatable bonds is 4. The van der Waals surface area contributed by atoms with E-state index in [1.54, 1.807) is 5.01 Å². The smallest absolute Gasteiger partial charge is 0.276 e. The van der Waals surface area contributed by atoms with Crippen molar-refractivity contribution in [3.05, 3.63) is 76.8 Å². The molecule has 2 heterocycles. The van der Waals surface area contributed by atoms with E-state index in [2.05, 4.69) is 30.4 Å². The number of ether oxygens (including phenoxy) is 1. The van der Waals surface area contributed by atoms with Crippen LogP contribution >= 0.6 is 11.8 Å². The molecule has 0 saturated carbocycles. The Kier molecular flexibility index (Phi) is 5.11. The summed E-state index contributed by atoms with van der Waals surface area (Å²) in [6.45, 7) is 2.68. The molecule has 2 aliphatic heterocycles. The molecule has 0 spiro atoms. The number of thioether (sulfide) groups is 1. The summed E-state index contributed by atoms with van der Waals surface area (Å²) in [4.78, 5) is 18.2. The first-order valence-corrected chi connectivity index (χ1v) is 11.5. The minimum Gasteiger partial charge on any atom is -0.493 e. The van der Waals surface area contributed by atoms with E-state index < -0.39 is 6.17 Å². The van der Waals surface area contributed by atoms with Gasteiger partial charge in [0.05, 0.1) is 12.0 Å². The van der Waals surface area contributed by atoms with E-state index in [1.165, 1.54) is 11.8 Å². The maximum atomic E-state index is 13.1. The van der Waals surface area contributed by atoms with Crippen LogP contribution in [0.2, 0.25) is 0 Å². The van der Waals surface area contributed by atoms with Crippen LogP contribution in [0.4, 0.5) is 0 Å². The number of benzene rings is 3. The predicted octanol–water partition coefficient (Wildman–Crippen LogP) is 3.13. The van der Waals surface area contributed by atoms with Gasteiger partial charge in [-0.2, -0.15) is 0 Å². The fraction of sp³-hybridized carbons (Fsp3) is 0.208. The van der Waals surface area contributed by atoms with E-state index in [4.69, 9.17) is 14.8 Å². The molecule has 5 rings (SSSR count). The molecule has 1 N–H and O–H groups in total. The van der Waals surface area contributed by atoms with E-state index in [9.17, 15) is 4.79 Å². The van der Waals surface area contributed by atoms with Crippen LogP contribution in [-0.2, 0) is 4.79 Å².